The van der Waals surface area contributed by atoms with Gasteiger partial charge in [0.2, 0.25) is 0 Å². The first kappa shape index (κ1) is 29.6. The van der Waals surface area contributed by atoms with Crippen molar-refractivity contribution in [1.82, 2.24) is 0 Å². The van der Waals surface area contributed by atoms with Crippen LogP contribution in [0.4, 0.5) is 5.69 Å². The van der Waals surface area contributed by atoms with Crippen LogP contribution >= 0.6 is 0 Å². The van der Waals surface area contributed by atoms with Crippen LogP contribution in [0, 0.1) is 10.7 Å². The quantitative estimate of drug-likeness (QED) is 0.346. The molecule has 2 aromatic carbocycles. The summed E-state index contributed by atoms with van der Waals surface area (Å²) >= 11 is 0. The van der Waals surface area contributed by atoms with Crippen LogP contribution in [0.25, 0.3) is 0 Å². The summed E-state index contributed by atoms with van der Waals surface area (Å²) in [5.74, 6) is -1.21. The summed E-state index contributed by atoms with van der Waals surface area (Å²) in [5.41, 5.74) is 0.199. The third kappa shape index (κ3) is 7.44. The fourth-order valence-electron chi connectivity index (χ4n) is 3.73. The van der Waals surface area contributed by atoms with Crippen LogP contribution < -0.4 is 9.04 Å². The Bertz CT molecular complexity index is 1270. The number of carboxylic acids is 1. The second-order valence-electron chi connectivity index (χ2n) is 9.50. The average molecular weight is 541 g/mol. The highest BCUT2D eigenvalue weighted by Gasteiger charge is 2.33. The zero-order chi connectivity index (χ0) is 27.3. The minimum absolute atomic E-state index is 0.00878. The average Bonchev–Trinajstić information content (AvgIpc) is 2.76. The molecule has 2 aromatic rings. The molecule has 11 heteroatoms. The summed E-state index contributed by atoms with van der Waals surface area (Å²) in [6.45, 7) is 7.15. The van der Waals surface area contributed by atoms with Crippen molar-refractivity contribution in [1.29, 1.82) is 4.78 Å². The molecule has 0 heterocycles. The molecule has 0 bridgehead atoms. The van der Waals surface area contributed by atoms with Crippen molar-refractivity contribution in [3.63, 3.8) is 0 Å². The van der Waals surface area contributed by atoms with E-state index in [1.165, 1.54) is 23.4 Å². The predicted octanol–water partition coefficient (Wildman–Crippen LogP) is 4.13. The first-order chi connectivity index (χ1) is 16.6. The number of aryl methyl sites for hydroxylation is 1. The molecule has 0 aliphatic carbocycles. The zero-order valence-corrected chi connectivity index (χ0v) is 23.0. The van der Waals surface area contributed by atoms with Crippen molar-refractivity contribution in [2.24, 2.45) is 5.92 Å². The molecule has 0 aromatic heterocycles. The normalized spacial score (nSPS) is 15.2. The lowest BCUT2D eigenvalue weighted by Gasteiger charge is -2.30. The number of aliphatic hydroxyl groups excluding tert-OH is 1. The van der Waals surface area contributed by atoms with Crippen LogP contribution in [0.2, 0.25) is 0 Å². The summed E-state index contributed by atoms with van der Waals surface area (Å²) in [6, 6.07) is 11.0. The second kappa shape index (κ2) is 11.6. The van der Waals surface area contributed by atoms with Crippen LogP contribution in [-0.4, -0.2) is 53.8 Å². The van der Waals surface area contributed by atoms with Gasteiger partial charge in [-0.1, -0.05) is 32.9 Å². The van der Waals surface area contributed by atoms with Gasteiger partial charge in [0, 0.05) is 25.8 Å². The van der Waals surface area contributed by atoms with Crippen molar-refractivity contribution in [2.45, 2.75) is 62.3 Å². The van der Waals surface area contributed by atoms with Crippen LogP contribution in [0.15, 0.2) is 52.3 Å². The number of carbonyl (C=O) groups is 1. The molecule has 3 N–H and O–H groups in total. The predicted molar refractivity (Wildman–Crippen MR) is 140 cm³/mol. The number of anilines is 1. The summed E-state index contributed by atoms with van der Waals surface area (Å²) in [5, 5.41) is 18.7. The SMILES string of the molecule is CCc1ccc(N(CC(C)C)S(=O)(=O)c2ccc(OC(C)(CCO)CC(=O)O)c(S(C)(=N)=O)c2)cc1. The number of carboxylic acid groups (broad SMARTS) is 1. The topological polar surface area (TPSA) is 145 Å². The fourth-order valence-corrected chi connectivity index (χ4v) is 6.31. The molecule has 2 unspecified atom stereocenters. The monoisotopic (exact) mass is 540 g/mol. The largest absolute Gasteiger partial charge is 0.486 e. The van der Waals surface area contributed by atoms with E-state index in [1.807, 2.05) is 32.9 Å². The van der Waals surface area contributed by atoms with E-state index < -0.39 is 37.7 Å². The van der Waals surface area contributed by atoms with Gasteiger partial charge in [0.15, 0.2) is 0 Å². The third-order valence-corrected chi connectivity index (χ3v) is 8.56. The van der Waals surface area contributed by atoms with Gasteiger partial charge in [-0.3, -0.25) is 9.10 Å². The number of ether oxygens (including phenoxy) is 1. The first-order valence-corrected chi connectivity index (χ1v) is 15.0. The molecule has 0 saturated carbocycles. The zero-order valence-electron chi connectivity index (χ0n) is 21.4. The van der Waals surface area contributed by atoms with Gasteiger partial charge in [-0.15, -0.1) is 0 Å². The van der Waals surface area contributed by atoms with Crippen molar-refractivity contribution >= 4 is 31.4 Å². The van der Waals surface area contributed by atoms with E-state index in [2.05, 4.69) is 0 Å². The summed E-state index contributed by atoms with van der Waals surface area (Å²) in [4.78, 5) is 11.0. The van der Waals surface area contributed by atoms with Crippen molar-refractivity contribution in [3.8, 4) is 5.75 Å². The highest BCUT2D eigenvalue weighted by atomic mass is 32.2. The Labute approximate surface area is 214 Å². The molecule has 2 rings (SSSR count). The smallest absolute Gasteiger partial charge is 0.307 e. The van der Waals surface area contributed by atoms with Crippen molar-refractivity contribution in [3.05, 3.63) is 48.0 Å². The maximum Gasteiger partial charge on any atom is 0.307 e. The molecule has 0 aliphatic rings. The Morgan fingerprint density at radius 3 is 2.22 bits per heavy atom. The Balaban J connectivity index is 2.63. The van der Waals surface area contributed by atoms with Crippen molar-refractivity contribution in [2.75, 3.05) is 23.7 Å². The number of hydrogen-bond donors (Lipinski definition) is 3. The van der Waals surface area contributed by atoms with Crippen LogP contribution in [-0.2, 0) is 31.0 Å². The minimum atomic E-state index is -4.11. The lowest BCUT2D eigenvalue weighted by Crippen LogP contribution is -2.37. The second-order valence-corrected chi connectivity index (χ2v) is 13.5. The molecule has 0 spiro atoms. The van der Waals surface area contributed by atoms with E-state index in [-0.39, 0.29) is 41.0 Å². The van der Waals surface area contributed by atoms with E-state index in [0.29, 0.717) is 5.69 Å². The fraction of sp³-hybridized carbons (Fsp3) is 0.480. The lowest BCUT2D eigenvalue weighted by atomic mass is 9.98. The Hall–Kier alpha value is -2.63. The lowest BCUT2D eigenvalue weighted by molar-refractivity contribution is -0.141. The number of rotatable bonds is 13. The standard InChI is InChI=1S/C25H36N2O7S2/c1-6-19-7-9-20(10-8-19)27(17-18(2)3)36(32,33)21-11-12-22(23(15-21)35(5,26)31)34-25(4,13-14-28)16-24(29)30/h7-12,15,18,26,28H,6,13-14,16-17H2,1-5H3,(H,29,30). The van der Waals surface area contributed by atoms with Crippen LogP contribution in [0.5, 0.6) is 5.75 Å². The number of nitrogens with zero attached hydrogens (tertiary/aromatic N) is 1. The first-order valence-electron chi connectivity index (χ1n) is 11.6. The van der Waals surface area contributed by atoms with Gasteiger partial charge >= 0.3 is 5.97 Å². The number of aliphatic carboxylic acids is 1. The maximum atomic E-state index is 13.8. The number of benzene rings is 2. The van der Waals surface area contributed by atoms with E-state index in [9.17, 15) is 27.6 Å². The molecule has 36 heavy (non-hydrogen) atoms. The third-order valence-electron chi connectivity index (χ3n) is 5.61. The van der Waals surface area contributed by atoms with Gasteiger partial charge < -0.3 is 14.9 Å². The summed E-state index contributed by atoms with van der Waals surface area (Å²) in [6.07, 6.45) is 1.47. The molecule has 0 aliphatic heterocycles. The summed E-state index contributed by atoms with van der Waals surface area (Å²) < 4.78 is 55.7. The van der Waals surface area contributed by atoms with E-state index in [1.54, 1.807) is 12.1 Å². The van der Waals surface area contributed by atoms with E-state index in [0.717, 1.165) is 24.3 Å². The van der Waals surface area contributed by atoms with Gasteiger partial charge in [-0.2, -0.15) is 0 Å². The maximum absolute atomic E-state index is 13.8. The van der Waals surface area contributed by atoms with Gasteiger partial charge in [0.05, 0.1) is 31.6 Å². The Morgan fingerprint density at radius 2 is 1.75 bits per heavy atom. The number of aliphatic hydroxyl groups is 1. The molecule has 0 saturated heterocycles. The highest BCUT2D eigenvalue weighted by Crippen LogP contribution is 2.34. The van der Waals surface area contributed by atoms with Gasteiger partial charge in [-0.25, -0.2) is 17.4 Å². The number of sulfonamides is 1. The Morgan fingerprint density at radius 1 is 1.14 bits per heavy atom. The molecule has 2 atom stereocenters. The molecule has 9 nitrogen and oxygen atoms in total. The molecule has 0 radical (unpaired) electrons. The van der Waals surface area contributed by atoms with Gasteiger partial charge in [-0.05, 0) is 55.2 Å². The van der Waals surface area contributed by atoms with Crippen LogP contribution in [0.1, 0.15) is 46.1 Å². The van der Waals surface area contributed by atoms with Crippen molar-refractivity contribution < 1.29 is 32.4 Å². The minimum Gasteiger partial charge on any atom is -0.486 e. The molecule has 0 fully saturated rings. The molecule has 200 valence electrons. The number of nitrogens with one attached hydrogen (secondary N) is 1. The van der Waals surface area contributed by atoms with Crippen LogP contribution in [0.3, 0.4) is 0 Å². The van der Waals surface area contributed by atoms with Gasteiger partial charge in [0.1, 0.15) is 11.4 Å². The Kier molecular flexibility index (Phi) is 9.55. The molecular weight excluding hydrogens is 504 g/mol. The summed E-state index contributed by atoms with van der Waals surface area (Å²) in [7, 11) is -7.58. The highest BCUT2D eigenvalue weighted by molar-refractivity contribution is 7.93. The molecule has 0 amide bonds. The van der Waals surface area contributed by atoms with Gasteiger partial charge in [0.25, 0.3) is 10.0 Å². The van der Waals surface area contributed by atoms with E-state index >= 15 is 0 Å². The van der Waals surface area contributed by atoms with E-state index in [4.69, 9.17) is 9.52 Å². The number of hydrogen-bond acceptors (Lipinski definition) is 7. The molecular formula is C25H36N2O7S2.